The topological polar surface area (TPSA) is 107 Å². The highest BCUT2D eigenvalue weighted by Crippen LogP contribution is 2.38. The van der Waals surface area contributed by atoms with Crippen LogP contribution < -0.4 is 10.6 Å². The highest BCUT2D eigenvalue weighted by Gasteiger charge is 2.31. The molecule has 0 saturated carbocycles. The first kappa shape index (κ1) is 20.0. The molecule has 1 amide bonds. The van der Waals surface area contributed by atoms with Gasteiger partial charge in [-0.3, -0.25) is 4.79 Å². The monoisotopic (exact) mass is 425 g/mol. The van der Waals surface area contributed by atoms with Crippen molar-refractivity contribution in [3.8, 4) is 22.8 Å². The molecular weight excluding hydrogens is 406 g/mol. The fraction of sp³-hybridized carbons (Fsp3) is 0.227. The van der Waals surface area contributed by atoms with E-state index in [9.17, 15) is 19.8 Å². The first-order chi connectivity index (χ1) is 14.3. The highest BCUT2D eigenvalue weighted by molar-refractivity contribution is 6.32. The van der Waals surface area contributed by atoms with Gasteiger partial charge in [0.2, 0.25) is 0 Å². The minimum Gasteiger partial charge on any atom is -0.507 e. The third-order valence-corrected chi connectivity index (χ3v) is 5.72. The number of aryl methyl sites for hydroxylation is 2. The van der Waals surface area contributed by atoms with Crippen molar-refractivity contribution in [2.24, 2.45) is 0 Å². The van der Waals surface area contributed by atoms with Gasteiger partial charge in [-0.2, -0.15) is 0 Å². The zero-order valence-corrected chi connectivity index (χ0v) is 17.2. The van der Waals surface area contributed by atoms with Gasteiger partial charge in [-0.1, -0.05) is 17.7 Å². The Morgan fingerprint density at radius 1 is 1.23 bits per heavy atom. The molecule has 2 aromatic carbocycles. The van der Waals surface area contributed by atoms with Gasteiger partial charge in [0.25, 0.3) is 5.91 Å². The summed E-state index contributed by atoms with van der Waals surface area (Å²) >= 11 is 5.96. The number of rotatable bonds is 2. The lowest BCUT2D eigenvalue weighted by molar-refractivity contribution is 0.0972. The number of carbonyl (C=O) groups excluding carboxylic acids is 1. The van der Waals surface area contributed by atoms with Gasteiger partial charge in [0.1, 0.15) is 11.5 Å². The zero-order valence-electron chi connectivity index (χ0n) is 16.4. The number of amides is 1. The Morgan fingerprint density at radius 3 is 2.77 bits per heavy atom. The van der Waals surface area contributed by atoms with Crippen LogP contribution in [0.3, 0.4) is 0 Å². The number of aromatic nitrogens is 2. The molecule has 7 nitrogen and oxygen atoms in total. The molecule has 1 aliphatic rings. The summed E-state index contributed by atoms with van der Waals surface area (Å²) in [5.41, 5.74) is 3.67. The number of hydrogen-bond acceptors (Lipinski definition) is 5. The number of hydrogen-bond donors (Lipinski definition) is 3. The quantitative estimate of drug-likeness (QED) is 0.579. The SMILES string of the molecule is Cc1cnc(=O)[nH]c1-c1ccc2c(c1)CCC(C)N2C(=O)c1cc(Cl)c(O)cc1O. The average Bonchev–Trinajstić information content (AvgIpc) is 2.71. The number of phenols is 2. The third kappa shape index (κ3) is 3.41. The Balaban J connectivity index is 1.78. The first-order valence-electron chi connectivity index (χ1n) is 9.50. The molecule has 8 heteroatoms. The maximum atomic E-state index is 13.3. The van der Waals surface area contributed by atoms with E-state index in [1.54, 1.807) is 4.90 Å². The van der Waals surface area contributed by atoms with Gasteiger partial charge in [-0.05, 0) is 61.6 Å². The van der Waals surface area contributed by atoms with Crippen molar-refractivity contribution < 1.29 is 15.0 Å². The van der Waals surface area contributed by atoms with Crippen LogP contribution in [0.1, 0.15) is 34.8 Å². The highest BCUT2D eigenvalue weighted by atomic mass is 35.5. The lowest BCUT2D eigenvalue weighted by Gasteiger charge is -2.36. The molecule has 30 heavy (non-hydrogen) atoms. The molecule has 3 N–H and O–H groups in total. The number of anilines is 1. The number of carbonyl (C=O) groups is 1. The minimum absolute atomic E-state index is 0.00602. The van der Waals surface area contributed by atoms with Crippen molar-refractivity contribution >= 4 is 23.2 Å². The van der Waals surface area contributed by atoms with Gasteiger partial charge < -0.3 is 20.1 Å². The molecule has 0 aliphatic carbocycles. The predicted molar refractivity (Wildman–Crippen MR) is 114 cm³/mol. The van der Waals surface area contributed by atoms with Gasteiger partial charge >= 0.3 is 5.69 Å². The second-order valence-electron chi connectivity index (χ2n) is 7.47. The summed E-state index contributed by atoms with van der Waals surface area (Å²) in [6.45, 7) is 3.81. The van der Waals surface area contributed by atoms with Crippen molar-refractivity contribution in [1.29, 1.82) is 0 Å². The summed E-state index contributed by atoms with van der Waals surface area (Å²) in [6, 6.07) is 7.90. The molecule has 1 unspecified atom stereocenters. The fourth-order valence-electron chi connectivity index (χ4n) is 3.83. The largest absolute Gasteiger partial charge is 0.507 e. The molecule has 2 heterocycles. The molecule has 1 atom stereocenters. The standard InChI is InChI=1S/C22H20ClN3O4/c1-11-10-24-22(30)25-20(11)14-5-6-17-13(7-14)4-3-12(2)26(17)21(29)15-8-16(23)19(28)9-18(15)27/h5-10,12,27-28H,3-4H2,1-2H3,(H,24,25,30). The van der Waals surface area contributed by atoms with Crippen LogP contribution in [0.2, 0.25) is 5.02 Å². The van der Waals surface area contributed by atoms with E-state index in [0.717, 1.165) is 41.3 Å². The number of H-pyrrole nitrogens is 1. The first-order valence-corrected chi connectivity index (χ1v) is 9.88. The fourth-order valence-corrected chi connectivity index (χ4v) is 3.99. The van der Waals surface area contributed by atoms with Gasteiger partial charge in [0.05, 0.1) is 16.3 Å². The summed E-state index contributed by atoms with van der Waals surface area (Å²) < 4.78 is 0. The molecule has 4 rings (SSSR count). The summed E-state index contributed by atoms with van der Waals surface area (Å²) in [4.78, 5) is 33.1. The van der Waals surface area contributed by atoms with Crippen LogP contribution in [0.15, 0.2) is 41.3 Å². The maximum absolute atomic E-state index is 13.3. The van der Waals surface area contributed by atoms with Crippen LogP contribution in [-0.2, 0) is 6.42 Å². The Morgan fingerprint density at radius 2 is 2.00 bits per heavy atom. The zero-order chi connectivity index (χ0) is 21.6. The molecule has 0 bridgehead atoms. The van der Waals surface area contributed by atoms with E-state index >= 15 is 0 Å². The van der Waals surface area contributed by atoms with Crippen molar-refractivity contribution in [1.82, 2.24) is 9.97 Å². The van der Waals surface area contributed by atoms with E-state index in [-0.39, 0.29) is 28.1 Å². The molecule has 1 aliphatic heterocycles. The molecule has 154 valence electrons. The lowest BCUT2D eigenvalue weighted by atomic mass is 9.93. The smallest absolute Gasteiger partial charge is 0.345 e. The van der Waals surface area contributed by atoms with Gasteiger partial charge in [0, 0.05) is 24.0 Å². The number of aromatic hydroxyl groups is 2. The number of phenolic OH excluding ortho intramolecular Hbond substituents is 2. The lowest BCUT2D eigenvalue weighted by Crippen LogP contribution is -2.42. The third-order valence-electron chi connectivity index (χ3n) is 5.42. The second-order valence-corrected chi connectivity index (χ2v) is 7.88. The van der Waals surface area contributed by atoms with Gasteiger partial charge in [-0.15, -0.1) is 0 Å². The van der Waals surface area contributed by atoms with Crippen molar-refractivity contribution in [2.75, 3.05) is 4.90 Å². The molecule has 0 saturated heterocycles. The van der Waals surface area contributed by atoms with Crippen molar-refractivity contribution in [2.45, 2.75) is 32.7 Å². The van der Waals surface area contributed by atoms with E-state index in [1.807, 2.05) is 32.0 Å². The summed E-state index contributed by atoms with van der Waals surface area (Å²) in [7, 11) is 0. The number of nitrogens with one attached hydrogen (secondary N) is 1. The summed E-state index contributed by atoms with van der Waals surface area (Å²) in [5.74, 6) is -1.02. The van der Waals surface area contributed by atoms with Crippen LogP contribution in [0.5, 0.6) is 11.5 Å². The normalized spacial score (nSPS) is 15.7. The van der Waals surface area contributed by atoms with Crippen molar-refractivity contribution in [3.05, 3.63) is 68.7 Å². The number of fused-ring (bicyclic) bond motifs is 1. The van der Waals surface area contributed by atoms with E-state index in [4.69, 9.17) is 11.6 Å². The molecule has 0 spiro atoms. The van der Waals surface area contributed by atoms with Crippen LogP contribution in [-0.4, -0.2) is 32.1 Å². The van der Waals surface area contributed by atoms with Crippen LogP contribution in [0, 0.1) is 6.92 Å². The van der Waals surface area contributed by atoms with E-state index in [1.165, 1.54) is 12.3 Å². The second kappa shape index (κ2) is 7.50. The molecule has 1 aromatic heterocycles. The minimum atomic E-state index is -0.418. The van der Waals surface area contributed by atoms with E-state index < -0.39 is 11.6 Å². The Kier molecular flexibility index (Phi) is 4.99. The van der Waals surface area contributed by atoms with Crippen LogP contribution in [0.4, 0.5) is 5.69 Å². The van der Waals surface area contributed by atoms with E-state index in [0.29, 0.717) is 5.69 Å². The Labute approximate surface area is 177 Å². The van der Waals surface area contributed by atoms with Gasteiger partial charge in [-0.25, -0.2) is 9.78 Å². The summed E-state index contributed by atoms with van der Waals surface area (Å²) in [6.07, 6.45) is 3.04. The number of aromatic amines is 1. The molecule has 3 aromatic rings. The van der Waals surface area contributed by atoms with E-state index in [2.05, 4.69) is 9.97 Å². The molecule has 0 fully saturated rings. The predicted octanol–water partition coefficient (Wildman–Crippen LogP) is 3.79. The molecule has 0 radical (unpaired) electrons. The Bertz CT molecular complexity index is 1220. The number of nitrogens with zero attached hydrogens (tertiary/aromatic N) is 2. The number of benzene rings is 2. The summed E-state index contributed by atoms with van der Waals surface area (Å²) in [5, 5.41) is 19.8. The Hall–Kier alpha value is -3.32. The van der Waals surface area contributed by atoms with Crippen LogP contribution in [0.25, 0.3) is 11.3 Å². The average molecular weight is 426 g/mol. The van der Waals surface area contributed by atoms with Crippen LogP contribution >= 0.6 is 11.6 Å². The number of halogens is 1. The van der Waals surface area contributed by atoms with Gasteiger partial charge in [0.15, 0.2) is 0 Å². The molecular formula is C22H20ClN3O4. The maximum Gasteiger partial charge on any atom is 0.345 e. The van der Waals surface area contributed by atoms with Crippen molar-refractivity contribution in [3.63, 3.8) is 0 Å².